The summed E-state index contributed by atoms with van der Waals surface area (Å²) in [6.45, 7) is 11.2. The van der Waals surface area contributed by atoms with Crippen molar-refractivity contribution in [2.24, 2.45) is 10.9 Å². The molecule has 134 valence electrons. The predicted octanol–water partition coefficient (Wildman–Crippen LogP) is 3.11. The Hall–Kier alpha value is -2.28. The van der Waals surface area contributed by atoms with E-state index in [9.17, 15) is 14.0 Å². The van der Waals surface area contributed by atoms with Gasteiger partial charge in [-0.1, -0.05) is 37.1 Å². The molecule has 2 aromatic rings. The van der Waals surface area contributed by atoms with E-state index in [1.807, 2.05) is 33.8 Å². The molecular formula is C17H20ClFN4O2. The summed E-state index contributed by atoms with van der Waals surface area (Å²) in [4.78, 5) is 35.0. The maximum Gasteiger partial charge on any atom is 0.330 e. The van der Waals surface area contributed by atoms with Crippen molar-refractivity contribution in [3.63, 3.8) is 0 Å². The van der Waals surface area contributed by atoms with Gasteiger partial charge < -0.3 is 0 Å². The van der Waals surface area contributed by atoms with Crippen molar-refractivity contribution in [3.8, 4) is 0 Å². The lowest BCUT2D eigenvalue weighted by molar-refractivity contribution is 0.373. The number of H-pyrrole nitrogens is 1. The van der Waals surface area contributed by atoms with Crippen LogP contribution < -0.4 is 11.2 Å². The number of halogens is 2. The summed E-state index contributed by atoms with van der Waals surface area (Å²) < 4.78 is 15.1. The second-order valence-electron chi connectivity index (χ2n) is 6.16. The van der Waals surface area contributed by atoms with Gasteiger partial charge in [0.1, 0.15) is 0 Å². The first-order valence-corrected chi connectivity index (χ1v) is 8.19. The Bertz CT molecular complexity index is 961. The molecule has 0 amide bonds. The second-order valence-corrected chi connectivity index (χ2v) is 6.51. The number of nitrogens with one attached hydrogen (secondary N) is 1. The number of rotatable bonds is 5. The first-order valence-electron chi connectivity index (χ1n) is 7.82. The van der Waals surface area contributed by atoms with Crippen LogP contribution in [-0.2, 0) is 0 Å². The number of fused-ring (bicyclic) bond motifs is 1. The molecule has 0 radical (unpaired) electrons. The van der Waals surface area contributed by atoms with Crippen LogP contribution >= 0.6 is 11.6 Å². The maximum atomic E-state index is 13.8. The lowest BCUT2D eigenvalue weighted by Gasteiger charge is -2.29. The molecule has 1 N–H and O–H groups in total. The van der Waals surface area contributed by atoms with Gasteiger partial charge >= 0.3 is 5.69 Å². The number of hydrogen-bond acceptors (Lipinski definition) is 4. The van der Waals surface area contributed by atoms with Gasteiger partial charge in [0.15, 0.2) is 16.6 Å². The van der Waals surface area contributed by atoms with Crippen molar-refractivity contribution in [3.05, 3.63) is 49.5 Å². The van der Waals surface area contributed by atoms with Gasteiger partial charge in [-0.05, 0) is 32.5 Å². The minimum absolute atomic E-state index is 0.0145. The number of pyridine rings is 1. The summed E-state index contributed by atoms with van der Waals surface area (Å²) in [5, 5.41) is -0.460. The summed E-state index contributed by atoms with van der Waals surface area (Å²) in [6, 6.07) is 0.0877. The summed E-state index contributed by atoms with van der Waals surface area (Å²) in [6.07, 6.45) is 1.85. The molecule has 0 fully saturated rings. The minimum atomic E-state index is -0.827. The molecule has 2 rings (SSSR count). The molecule has 2 atom stereocenters. The Morgan fingerprint density at radius 3 is 2.64 bits per heavy atom. The fraction of sp³-hybridized carbons (Fsp3) is 0.412. The molecule has 0 spiro atoms. The SMILES string of the molecule is C=NC(C(C)C)C(/C(C)=C\C)n1c(=O)[nH]c(=O)c2cc(F)c(Cl)nc21. The number of allylic oxidation sites excluding steroid dienone is 1. The van der Waals surface area contributed by atoms with Crippen molar-refractivity contribution >= 4 is 29.4 Å². The van der Waals surface area contributed by atoms with Crippen molar-refractivity contribution in [1.82, 2.24) is 14.5 Å². The third-order valence-electron chi connectivity index (χ3n) is 4.24. The Labute approximate surface area is 149 Å². The van der Waals surface area contributed by atoms with Gasteiger partial charge in [-0.2, -0.15) is 0 Å². The summed E-state index contributed by atoms with van der Waals surface area (Å²) in [5.74, 6) is -0.770. The van der Waals surface area contributed by atoms with Crippen molar-refractivity contribution in [2.45, 2.75) is 39.8 Å². The molecule has 0 bridgehead atoms. The molecule has 0 aromatic carbocycles. The van der Waals surface area contributed by atoms with Gasteiger partial charge in [0.05, 0.1) is 17.5 Å². The molecule has 0 aliphatic rings. The van der Waals surface area contributed by atoms with Gasteiger partial charge in [0, 0.05) is 0 Å². The van der Waals surface area contributed by atoms with Crippen LogP contribution in [0, 0.1) is 11.7 Å². The van der Waals surface area contributed by atoms with E-state index in [1.54, 1.807) is 0 Å². The first kappa shape index (κ1) is 19.1. The fourth-order valence-corrected chi connectivity index (χ4v) is 2.99. The van der Waals surface area contributed by atoms with Gasteiger partial charge in [-0.3, -0.25) is 19.3 Å². The molecule has 6 nitrogen and oxygen atoms in total. The Morgan fingerprint density at radius 1 is 1.48 bits per heavy atom. The third kappa shape index (κ3) is 3.42. The van der Waals surface area contributed by atoms with Crippen LogP contribution in [0.15, 0.2) is 32.3 Å². The second kappa shape index (κ2) is 7.31. The lowest BCUT2D eigenvalue weighted by Crippen LogP contribution is -2.39. The van der Waals surface area contributed by atoms with Gasteiger partial charge in [-0.25, -0.2) is 14.2 Å². The van der Waals surface area contributed by atoms with E-state index in [4.69, 9.17) is 11.6 Å². The number of hydrogen-bond donors (Lipinski definition) is 1. The zero-order valence-corrected chi connectivity index (χ0v) is 15.3. The number of nitrogens with zero attached hydrogens (tertiary/aromatic N) is 3. The topological polar surface area (TPSA) is 80.1 Å². The van der Waals surface area contributed by atoms with Crippen LogP contribution in [0.4, 0.5) is 4.39 Å². The van der Waals surface area contributed by atoms with E-state index in [1.165, 1.54) is 4.57 Å². The van der Waals surface area contributed by atoms with Gasteiger partial charge in [-0.15, -0.1) is 0 Å². The zero-order valence-electron chi connectivity index (χ0n) is 14.5. The summed E-state index contributed by atoms with van der Waals surface area (Å²) in [7, 11) is 0. The van der Waals surface area contributed by atoms with E-state index in [0.29, 0.717) is 0 Å². The normalized spacial score (nSPS) is 14.8. The van der Waals surface area contributed by atoms with E-state index in [-0.39, 0.29) is 23.0 Å². The van der Waals surface area contributed by atoms with E-state index in [0.717, 1.165) is 11.6 Å². The number of aromatic amines is 1. The molecule has 2 heterocycles. The van der Waals surface area contributed by atoms with Gasteiger partial charge in [0.2, 0.25) is 0 Å². The monoisotopic (exact) mass is 366 g/mol. The maximum absolute atomic E-state index is 13.8. The highest BCUT2D eigenvalue weighted by atomic mass is 35.5. The van der Waals surface area contributed by atoms with Crippen LogP contribution in [0.1, 0.15) is 33.7 Å². The number of aliphatic imine (C=N–C) groups is 1. The van der Waals surface area contributed by atoms with E-state index >= 15 is 0 Å². The largest absolute Gasteiger partial charge is 0.330 e. The average molecular weight is 367 g/mol. The fourth-order valence-electron chi connectivity index (χ4n) is 2.86. The standard InChI is InChI=1S/C17H20ClFN4O2/c1-6-9(4)13(12(20-5)8(2)3)23-15-10(16(24)22-17(23)25)7-11(19)14(18)21-15/h6-8,12-13H,5H2,1-4H3,(H,22,24,25)/b9-6-. The van der Waals surface area contributed by atoms with Crippen molar-refractivity contribution in [2.75, 3.05) is 0 Å². The molecular weight excluding hydrogens is 347 g/mol. The Morgan fingerprint density at radius 2 is 2.12 bits per heavy atom. The third-order valence-corrected chi connectivity index (χ3v) is 4.51. The molecule has 0 aliphatic heterocycles. The summed E-state index contributed by atoms with van der Waals surface area (Å²) in [5.41, 5.74) is -0.526. The van der Waals surface area contributed by atoms with E-state index in [2.05, 4.69) is 21.7 Å². The van der Waals surface area contributed by atoms with E-state index < -0.39 is 28.3 Å². The highest BCUT2D eigenvalue weighted by Gasteiger charge is 2.29. The quantitative estimate of drug-likeness (QED) is 0.501. The molecule has 2 unspecified atom stereocenters. The molecule has 25 heavy (non-hydrogen) atoms. The molecule has 8 heteroatoms. The lowest BCUT2D eigenvalue weighted by atomic mass is 9.91. The highest BCUT2D eigenvalue weighted by Crippen LogP contribution is 2.29. The van der Waals surface area contributed by atoms with Crippen LogP contribution in [0.5, 0.6) is 0 Å². The molecule has 0 aliphatic carbocycles. The Kier molecular flexibility index (Phi) is 5.57. The van der Waals surface area contributed by atoms with Crippen LogP contribution in [0.25, 0.3) is 11.0 Å². The minimum Gasteiger partial charge on any atom is -0.295 e. The molecule has 2 aromatic heterocycles. The van der Waals surface area contributed by atoms with Gasteiger partial charge in [0.25, 0.3) is 5.56 Å². The van der Waals surface area contributed by atoms with Crippen LogP contribution in [0.3, 0.4) is 0 Å². The summed E-state index contributed by atoms with van der Waals surface area (Å²) >= 11 is 5.79. The average Bonchev–Trinajstić information content (AvgIpc) is 2.55. The van der Waals surface area contributed by atoms with Crippen molar-refractivity contribution < 1.29 is 4.39 Å². The zero-order chi connectivity index (χ0) is 18.9. The molecule has 0 saturated carbocycles. The first-order chi connectivity index (χ1) is 11.7. The van der Waals surface area contributed by atoms with Crippen molar-refractivity contribution in [1.29, 1.82) is 0 Å². The predicted molar refractivity (Wildman–Crippen MR) is 98.2 cm³/mol. The Balaban J connectivity index is 2.97. The highest BCUT2D eigenvalue weighted by molar-refractivity contribution is 6.29. The smallest absolute Gasteiger partial charge is 0.295 e. The van der Waals surface area contributed by atoms with Crippen LogP contribution in [-0.4, -0.2) is 27.3 Å². The van der Waals surface area contributed by atoms with Crippen LogP contribution in [0.2, 0.25) is 5.15 Å². The number of aromatic nitrogens is 3. The molecule has 0 saturated heterocycles.